The zero-order chi connectivity index (χ0) is 19.9. The third kappa shape index (κ3) is 22.0. The van der Waals surface area contributed by atoms with Gasteiger partial charge in [0.05, 0.1) is 6.21 Å². The zero-order valence-electron chi connectivity index (χ0n) is 14.9. The maximum atomic E-state index is 10.5. The van der Waals surface area contributed by atoms with Crippen LogP contribution in [0.15, 0.2) is 29.5 Å². The fraction of sp³-hybridized carbons (Fsp3) is 0.467. The van der Waals surface area contributed by atoms with E-state index in [0.717, 1.165) is 0 Å². The Balaban J connectivity index is -0.000000309. The molecule has 0 radical (unpaired) electrons. The summed E-state index contributed by atoms with van der Waals surface area (Å²) in [5, 5.41) is 21.6. The van der Waals surface area contributed by atoms with E-state index in [-0.39, 0.29) is 15.9 Å². The van der Waals surface area contributed by atoms with Crippen molar-refractivity contribution in [3.8, 4) is 0 Å². The number of rotatable bonds is 5. The van der Waals surface area contributed by atoms with Gasteiger partial charge in [-0.3, -0.25) is 4.84 Å². The summed E-state index contributed by atoms with van der Waals surface area (Å²) >= 11 is 1.63. The van der Waals surface area contributed by atoms with E-state index in [1.54, 1.807) is 18.0 Å². The van der Waals surface area contributed by atoms with Crippen LogP contribution in [0.25, 0.3) is 0 Å². The Labute approximate surface area is 146 Å². The number of carbonyl (C=O) groups is 3. The van der Waals surface area contributed by atoms with Gasteiger partial charge < -0.3 is 15.5 Å². The lowest BCUT2D eigenvalue weighted by Crippen LogP contribution is -2.19. The highest BCUT2D eigenvalue weighted by atomic mass is 32.2. The van der Waals surface area contributed by atoms with Crippen molar-refractivity contribution in [1.82, 2.24) is 5.32 Å². The number of nitrogens with zero attached hydrogens (tertiary/aromatic N) is 1. The number of hydrogen-bond donors (Lipinski definition) is 3. The number of oxime groups is 1. The molecule has 9 heteroatoms. The van der Waals surface area contributed by atoms with Gasteiger partial charge in [-0.15, -0.1) is 0 Å². The monoisotopic (exact) mass is 362 g/mol. The molecule has 8 nitrogen and oxygen atoms in total. The van der Waals surface area contributed by atoms with Crippen molar-refractivity contribution in [1.29, 1.82) is 0 Å². The Morgan fingerprint density at radius 3 is 1.67 bits per heavy atom. The number of hydrogen-bond acceptors (Lipinski definition) is 6. The number of carboxylic acids is 2. The van der Waals surface area contributed by atoms with E-state index in [4.69, 9.17) is 10.2 Å². The number of nitrogens with one attached hydrogen (secondary N) is 1. The van der Waals surface area contributed by atoms with Gasteiger partial charge in [0.2, 0.25) is 0 Å². The lowest BCUT2D eigenvalue weighted by atomic mass is 10.2. The molecule has 0 fully saturated rings. The summed E-state index contributed by atoms with van der Waals surface area (Å²) in [6, 6.07) is 0. The van der Waals surface area contributed by atoms with Crippen molar-refractivity contribution in [2.45, 2.75) is 32.4 Å². The van der Waals surface area contributed by atoms with Crippen LogP contribution in [0.1, 0.15) is 27.7 Å². The molecule has 0 unspecified atom stereocenters. The van der Waals surface area contributed by atoms with Crippen LogP contribution < -0.4 is 5.32 Å². The smallest absolute Gasteiger partial charge is 0.433 e. The van der Waals surface area contributed by atoms with E-state index in [1.165, 1.54) is 20.9 Å². The lowest BCUT2D eigenvalue weighted by molar-refractivity contribution is -0.133. The maximum absolute atomic E-state index is 10.5. The number of thioether (sulfide) groups is 1. The van der Waals surface area contributed by atoms with Crippen molar-refractivity contribution in [2.24, 2.45) is 5.16 Å². The predicted octanol–water partition coefficient (Wildman–Crippen LogP) is 2.76. The van der Waals surface area contributed by atoms with Crippen molar-refractivity contribution in [3.63, 3.8) is 0 Å². The molecule has 0 saturated heterocycles. The molecule has 0 aromatic rings. The molecule has 0 aromatic carbocycles. The topological polar surface area (TPSA) is 125 Å². The van der Waals surface area contributed by atoms with Gasteiger partial charge in [-0.1, -0.05) is 18.3 Å². The number of amides is 1. The van der Waals surface area contributed by atoms with Crippen LogP contribution >= 0.6 is 11.8 Å². The molecule has 138 valence electrons. The first-order chi connectivity index (χ1) is 10.8. The average Bonchev–Trinajstić information content (AvgIpc) is 2.47. The van der Waals surface area contributed by atoms with Crippen LogP contribution in [-0.2, 0) is 14.4 Å². The van der Waals surface area contributed by atoms with Gasteiger partial charge in [-0.05, 0) is 34.0 Å². The van der Waals surface area contributed by atoms with Crippen molar-refractivity contribution in [2.75, 3.05) is 13.3 Å². The molecule has 0 aliphatic rings. The Morgan fingerprint density at radius 2 is 1.46 bits per heavy atom. The van der Waals surface area contributed by atoms with Crippen LogP contribution in [0.2, 0.25) is 0 Å². The molecule has 0 aliphatic heterocycles. The minimum atomic E-state index is -0.935. The molecule has 0 atom stereocenters. The Kier molecular flexibility index (Phi) is 15.9. The van der Waals surface area contributed by atoms with Gasteiger partial charge in [-0.2, -0.15) is 11.8 Å². The quantitative estimate of drug-likeness (QED) is 0.297. The van der Waals surface area contributed by atoms with Crippen LogP contribution in [0.4, 0.5) is 4.79 Å². The predicted molar refractivity (Wildman–Crippen MR) is 96.5 cm³/mol. The van der Waals surface area contributed by atoms with Crippen LogP contribution in [0, 0.1) is 0 Å². The molecule has 0 spiro atoms. The lowest BCUT2D eigenvalue weighted by Gasteiger charge is -2.13. The highest BCUT2D eigenvalue weighted by Crippen LogP contribution is 2.17. The number of carboxylic acid groups (broad SMARTS) is 2. The molecule has 0 bridgehead atoms. The Bertz CT molecular complexity index is 438. The fourth-order valence-electron chi connectivity index (χ4n) is 0.299. The molecule has 0 heterocycles. The van der Waals surface area contributed by atoms with E-state index in [1.807, 2.05) is 20.1 Å². The summed E-state index contributed by atoms with van der Waals surface area (Å²) in [4.78, 5) is 34.2. The van der Waals surface area contributed by atoms with Crippen LogP contribution in [0.5, 0.6) is 0 Å². The molecule has 0 saturated carbocycles. The van der Waals surface area contributed by atoms with E-state index in [0.29, 0.717) is 0 Å². The van der Waals surface area contributed by atoms with E-state index >= 15 is 0 Å². The molecule has 0 aliphatic carbocycles. The first-order valence-corrected chi connectivity index (χ1v) is 7.79. The Hall–Kier alpha value is -2.29. The van der Waals surface area contributed by atoms with Gasteiger partial charge in [-0.25, -0.2) is 14.4 Å². The first kappa shape index (κ1) is 26.6. The summed E-state index contributed by atoms with van der Waals surface area (Å²) in [6.45, 7) is 13.2. The van der Waals surface area contributed by atoms with E-state index in [9.17, 15) is 14.4 Å². The van der Waals surface area contributed by atoms with E-state index in [2.05, 4.69) is 28.5 Å². The second-order valence-corrected chi connectivity index (χ2v) is 6.30. The third-order valence-corrected chi connectivity index (χ3v) is 3.12. The SMILES string of the molecule is C=C(C)C(=O)O.C=C(C)C(=O)O.CNC(=O)O/N=C/C(C)(C)SC. The van der Waals surface area contributed by atoms with E-state index < -0.39 is 18.0 Å². The summed E-state index contributed by atoms with van der Waals surface area (Å²) in [5.74, 6) is -1.87. The van der Waals surface area contributed by atoms with Crippen LogP contribution in [-0.4, -0.2) is 52.5 Å². The molecular formula is C15H26N2O6S. The van der Waals surface area contributed by atoms with Crippen molar-refractivity contribution in [3.05, 3.63) is 24.3 Å². The van der Waals surface area contributed by atoms with Gasteiger partial charge in [0.1, 0.15) is 0 Å². The summed E-state index contributed by atoms with van der Waals surface area (Å²) in [5.41, 5.74) is 0.352. The standard InChI is InChI=1S/C7H14N2O2S.2C4H6O2/c1-7(2,12-4)5-9-11-6(10)8-3;2*1-3(2)4(5)6/h5H,1-4H3,(H,8,10);2*1H2,2H3,(H,5,6)/b9-5+;;. The average molecular weight is 362 g/mol. The zero-order valence-corrected chi connectivity index (χ0v) is 15.7. The van der Waals surface area contributed by atoms with Gasteiger partial charge in [0.25, 0.3) is 0 Å². The highest BCUT2D eigenvalue weighted by Gasteiger charge is 2.12. The number of aliphatic carboxylic acids is 2. The maximum Gasteiger partial charge on any atom is 0.433 e. The molecule has 0 rings (SSSR count). The second kappa shape index (κ2) is 14.3. The third-order valence-electron chi connectivity index (χ3n) is 1.96. The largest absolute Gasteiger partial charge is 0.478 e. The molecule has 1 amide bonds. The first-order valence-electron chi connectivity index (χ1n) is 6.56. The minimum absolute atomic E-state index is 0.103. The van der Waals surface area contributed by atoms with Crippen LogP contribution in [0.3, 0.4) is 0 Å². The van der Waals surface area contributed by atoms with Crippen molar-refractivity contribution >= 4 is 36.0 Å². The molecule has 3 N–H and O–H groups in total. The normalized spacial score (nSPS) is 9.58. The van der Waals surface area contributed by atoms with Gasteiger partial charge >= 0.3 is 18.0 Å². The van der Waals surface area contributed by atoms with Gasteiger partial charge in [0, 0.05) is 22.9 Å². The highest BCUT2D eigenvalue weighted by molar-refractivity contribution is 8.00. The van der Waals surface area contributed by atoms with Crippen molar-refractivity contribution < 1.29 is 29.4 Å². The molecule has 0 aromatic heterocycles. The molecular weight excluding hydrogens is 336 g/mol. The Morgan fingerprint density at radius 1 is 1.12 bits per heavy atom. The summed E-state index contributed by atoms with van der Waals surface area (Å²) in [7, 11) is 1.48. The molecule has 24 heavy (non-hydrogen) atoms. The fourth-order valence-corrected chi connectivity index (χ4v) is 0.448. The second-order valence-electron chi connectivity index (χ2n) is 4.84. The van der Waals surface area contributed by atoms with Gasteiger partial charge in [0.15, 0.2) is 0 Å². The number of carbonyl (C=O) groups excluding carboxylic acids is 1. The summed E-state index contributed by atoms with van der Waals surface area (Å²) < 4.78 is -0.103. The summed E-state index contributed by atoms with van der Waals surface area (Å²) in [6.07, 6.45) is 3.00. The minimum Gasteiger partial charge on any atom is -0.478 e.